The molecule has 24 heavy (non-hydrogen) atoms. The van der Waals surface area contributed by atoms with Crippen molar-refractivity contribution in [3.05, 3.63) is 83.1 Å². The molecule has 0 aromatic heterocycles. The van der Waals surface area contributed by atoms with E-state index < -0.39 is 11.9 Å². The number of rotatable bonds is 4. The normalized spacial score (nSPS) is 19.7. The summed E-state index contributed by atoms with van der Waals surface area (Å²) in [6, 6.07) is 18.6. The zero-order valence-electron chi connectivity index (χ0n) is 13.5. The second-order valence-corrected chi connectivity index (χ2v) is 5.95. The second kappa shape index (κ2) is 6.71. The molecule has 0 aliphatic carbocycles. The number of benzene rings is 2. The summed E-state index contributed by atoms with van der Waals surface area (Å²) in [5, 5.41) is 9.77. The molecular formula is C20H19NO3. The standard InChI is InChI=1S/C20H19NO3/c1-14(22)18-19(23)17(12-15-8-4-2-5-9-15)21(20(18)24)13-16-10-6-3-7-11-16/h2-11,17,22H,12-13H2,1H3. The maximum absolute atomic E-state index is 12.7. The number of carbonyl (C=O) groups is 2. The van der Waals surface area contributed by atoms with Crippen molar-refractivity contribution in [2.24, 2.45) is 0 Å². The van der Waals surface area contributed by atoms with Crippen LogP contribution < -0.4 is 0 Å². The number of aliphatic hydroxyl groups is 1. The zero-order valence-corrected chi connectivity index (χ0v) is 13.5. The molecule has 3 rings (SSSR count). The Morgan fingerprint density at radius 3 is 2.04 bits per heavy atom. The first-order valence-corrected chi connectivity index (χ1v) is 7.91. The van der Waals surface area contributed by atoms with Gasteiger partial charge in [-0.05, 0) is 18.1 Å². The summed E-state index contributed by atoms with van der Waals surface area (Å²) < 4.78 is 0. The van der Waals surface area contributed by atoms with Crippen LogP contribution in [-0.2, 0) is 22.6 Å². The quantitative estimate of drug-likeness (QED) is 0.535. The van der Waals surface area contributed by atoms with E-state index in [-0.39, 0.29) is 17.1 Å². The van der Waals surface area contributed by atoms with Crippen LogP contribution in [0.2, 0.25) is 0 Å². The predicted octanol–water partition coefficient (Wildman–Crippen LogP) is 3.04. The molecule has 1 amide bonds. The molecule has 0 radical (unpaired) electrons. The fourth-order valence-electron chi connectivity index (χ4n) is 3.03. The van der Waals surface area contributed by atoms with Crippen LogP contribution in [0, 0.1) is 0 Å². The first kappa shape index (κ1) is 16.0. The molecule has 1 saturated heterocycles. The monoisotopic (exact) mass is 321 g/mol. The number of hydrogen-bond donors (Lipinski definition) is 1. The van der Waals surface area contributed by atoms with Crippen molar-refractivity contribution in [2.45, 2.75) is 25.9 Å². The number of hydrogen-bond acceptors (Lipinski definition) is 3. The van der Waals surface area contributed by atoms with E-state index in [1.165, 1.54) is 6.92 Å². The highest BCUT2D eigenvalue weighted by Gasteiger charge is 2.44. The fourth-order valence-corrected chi connectivity index (χ4v) is 3.03. The summed E-state index contributed by atoms with van der Waals surface area (Å²) in [6.45, 7) is 1.73. The summed E-state index contributed by atoms with van der Waals surface area (Å²) in [5.41, 5.74) is 1.85. The fraction of sp³-hybridized carbons (Fsp3) is 0.200. The molecule has 1 atom stereocenters. The van der Waals surface area contributed by atoms with Crippen LogP contribution in [-0.4, -0.2) is 27.7 Å². The molecule has 1 N–H and O–H groups in total. The van der Waals surface area contributed by atoms with Crippen LogP contribution >= 0.6 is 0 Å². The Balaban J connectivity index is 1.94. The largest absolute Gasteiger partial charge is 0.512 e. The Kier molecular flexibility index (Phi) is 4.47. The van der Waals surface area contributed by atoms with E-state index in [1.807, 2.05) is 60.7 Å². The molecule has 2 aromatic rings. The molecule has 122 valence electrons. The number of aliphatic hydroxyl groups excluding tert-OH is 1. The molecule has 4 heteroatoms. The molecular weight excluding hydrogens is 302 g/mol. The Hall–Kier alpha value is -2.88. The number of allylic oxidation sites excluding steroid dienone is 1. The van der Waals surface area contributed by atoms with Gasteiger partial charge in [0.25, 0.3) is 5.91 Å². The molecule has 1 aliphatic heterocycles. The Bertz CT molecular complexity index is 716. The van der Waals surface area contributed by atoms with Crippen molar-refractivity contribution < 1.29 is 14.7 Å². The minimum atomic E-state index is -0.586. The van der Waals surface area contributed by atoms with Crippen molar-refractivity contribution >= 4 is 11.7 Å². The van der Waals surface area contributed by atoms with Crippen molar-refractivity contribution in [2.75, 3.05) is 0 Å². The van der Waals surface area contributed by atoms with E-state index in [1.54, 1.807) is 4.90 Å². The van der Waals surface area contributed by atoms with Crippen LogP contribution in [0.15, 0.2) is 72.0 Å². The average Bonchev–Trinajstić information content (AvgIpc) is 2.81. The van der Waals surface area contributed by atoms with E-state index in [9.17, 15) is 14.7 Å². The van der Waals surface area contributed by atoms with Gasteiger partial charge in [-0.15, -0.1) is 0 Å². The molecule has 0 spiro atoms. The minimum Gasteiger partial charge on any atom is -0.512 e. The van der Waals surface area contributed by atoms with Gasteiger partial charge in [-0.2, -0.15) is 0 Å². The van der Waals surface area contributed by atoms with Crippen molar-refractivity contribution in [1.29, 1.82) is 0 Å². The molecule has 1 aliphatic rings. The van der Waals surface area contributed by atoms with Gasteiger partial charge in [-0.1, -0.05) is 60.7 Å². The van der Waals surface area contributed by atoms with Gasteiger partial charge in [0.2, 0.25) is 0 Å². The van der Waals surface area contributed by atoms with Crippen molar-refractivity contribution in [3.63, 3.8) is 0 Å². The van der Waals surface area contributed by atoms with Crippen LogP contribution in [0.3, 0.4) is 0 Å². The lowest BCUT2D eigenvalue weighted by Crippen LogP contribution is -2.36. The average molecular weight is 321 g/mol. The number of nitrogens with zero attached hydrogens (tertiary/aromatic N) is 1. The Morgan fingerprint density at radius 2 is 1.50 bits per heavy atom. The summed E-state index contributed by atoms with van der Waals surface area (Å²) in [7, 11) is 0. The van der Waals surface area contributed by atoms with Gasteiger partial charge in [-0.3, -0.25) is 9.59 Å². The third kappa shape index (κ3) is 3.08. The molecule has 1 unspecified atom stereocenters. The SMILES string of the molecule is CC(O)=C1C(=O)C(Cc2ccccc2)N(Cc2ccccc2)C1=O. The maximum atomic E-state index is 12.7. The predicted molar refractivity (Wildman–Crippen MR) is 91.3 cm³/mol. The van der Waals surface area contributed by atoms with Gasteiger partial charge in [-0.25, -0.2) is 0 Å². The van der Waals surface area contributed by atoms with Gasteiger partial charge in [0.15, 0.2) is 5.78 Å². The minimum absolute atomic E-state index is 0.0909. The van der Waals surface area contributed by atoms with E-state index in [2.05, 4.69) is 0 Å². The number of carbonyl (C=O) groups excluding carboxylic acids is 2. The summed E-state index contributed by atoms with van der Waals surface area (Å²) in [6.07, 6.45) is 0.440. The van der Waals surface area contributed by atoms with E-state index in [0.717, 1.165) is 11.1 Å². The number of likely N-dealkylation sites (tertiary alicyclic amines) is 1. The van der Waals surface area contributed by atoms with Crippen molar-refractivity contribution in [3.8, 4) is 0 Å². The van der Waals surface area contributed by atoms with E-state index in [4.69, 9.17) is 0 Å². The van der Waals surface area contributed by atoms with Gasteiger partial charge in [0, 0.05) is 13.0 Å². The van der Waals surface area contributed by atoms with E-state index in [0.29, 0.717) is 13.0 Å². The van der Waals surface area contributed by atoms with Gasteiger partial charge in [0.05, 0.1) is 0 Å². The van der Waals surface area contributed by atoms with Gasteiger partial charge >= 0.3 is 0 Å². The van der Waals surface area contributed by atoms with Gasteiger partial charge in [0.1, 0.15) is 17.4 Å². The molecule has 0 saturated carbocycles. The molecule has 0 bridgehead atoms. The molecule has 2 aromatic carbocycles. The molecule has 1 heterocycles. The lowest BCUT2D eigenvalue weighted by atomic mass is 10.0. The van der Waals surface area contributed by atoms with Crippen LogP contribution in [0.25, 0.3) is 0 Å². The summed E-state index contributed by atoms with van der Waals surface area (Å²) in [4.78, 5) is 26.9. The smallest absolute Gasteiger partial charge is 0.261 e. The van der Waals surface area contributed by atoms with E-state index >= 15 is 0 Å². The topological polar surface area (TPSA) is 57.6 Å². The van der Waals surface area contributed by atoms with Crippen LogP contribution in [0.1, 0.15) is 18.1 Å². The molecule has 1 fully saturated rings. The molecule has 4 nitrogen and oxygen atoms in total. The number of Topliss-reactive ketones (excluding diaryl/α,β-unsaturated/α-hetero) is 1. The third-order valence-corrected chi connectivity index (χ3v) is 4.23. The maximum Gasteiger partial charge on any atom is 0.261 e. The van der Waals surface area contributed by atoms with Crippen LogP contribution in [0.5, 0.6) is 0 Å². The first-order chi connectivity index (χ1) is 11.6. The third-order valence-electron chi connectivity index (χ3n) is 4.23. The summed E-state index contributed by atoms with van der Waals surface area (Å²) >= 11 is 0. The first-order valence-electron chi connectivity index (χ1n) is 7.91. The highest BCUT2D eigenvalue weighted by Crippen LogP contribution is 2.27. The number of ketones is 1. The van der Waals surface area contributed by atoms with Gasteiger partial charge < -0.3 is 10.0 Å². The second-order valence-electron chi connectivity index (χ2n) is 5.95. The number of amides is 1. The Labute approximate surface area is 141 Å². The highest BCUT2D eigenvalue weighted by molar-refractivity contribution is 6.26. The highest BCUT2D eigenvalue weighted by atomic mass is 16.3. The Morgan fingerprint density at radius 1 is 0.958 bits per heavy atom. The lowest BCUT2D eigenvalue weighted by Gasteiger charge is -2.23. The van der Waals surface area contributed by atoms with Crippen molar-refractivity contribution in [1.82, 2.24) is 4.90 Å². The zero-order chi connectivity index (χ0) is 17.1. The summed E-state index contributed by atoms with van der Waals surface area (Å²) in [5.74, 6) is -0.914. The lowest BCUT2D eigenvalue weighted by molar-refractivity contribution is -0.127. The van der Waals surface area contributed by atoms with Crippen LogP contribution in [0.4, 0.5) is 0 Å².